The Morgan fingerprint density at radius 2 is 2.50 bits per heavy atom. The summed E-state index contributed by atoms with van der Waals surface area (Å²) in [5.74, 6) is 0. The molecule has 2 nitrogen and oxygen atoms in total. The molecule has 0 aliphatic carbocycles. The molecule has 2 N–H and O–H groups in total. The number of rotatable bonds is 1. The Morgan fingerprint density at radius 3 is 3.00 bits per heavy atom. The lowest BCUT2D eigenvalue weighted by atomic mass is 10.3. The first kappa shape index (κ1) is 8.08. The van der Waals surface area contributed by atoms with Crippen LogP contribution in [0.3, 0.4) is 0 Å². The number of aryl methyl sites for hydroxylation is 1. The molecule has 1 aromatic rings. The monoisotopic (exact) mass is 182 g/mol. The van der Waals surface area contributed by atoms with Gasteiger partial charge in [0.1, 0.15) is 0 Å². The normalized spacial score (nSPS) is 23.5. The fourth-order valence-corrected chi connectivity index (χ4v) is 2.43. The van der Waals surface area contributed by atoms with E-state index < -0.39 is 0 Å². The van der Waals surface area contributed by atoms with Crippen molar-refractivity contribution in [3.63, 3.8) is 0 Å². The van der Waals surface area contributed by atoms with Gasteiger partial charge in [-0.1, -0.05) is 0 Å². The van der Waals surface area contributed by atoms with E-state index in [1.54, 1.807) is 0 Å². The second kappa shape index (κ2) is 3.07. The predicted octanol–water partition coefficient (Wildman–Crippen LogP) is 1.59. The Morgan fingerprint density at radius 1 is 1.67 bits per heavy atom. The molecular weight excluding hydrogens is 168 g/mol. The lowest BCUT2D eigenvalue weighted by molar-refractivity contribution is 0.752. The molecule has 1 aliphatic rings. The van der Waals surface area contributed by atoms with Crippen molar-refractivity contribution in [2.24, 2.45) is 5.73 Å². The number of anilines is 1. The fourth-order valence-electron chi connectivity index (χ4n) is 1.71. The van der Waals surface area contributed by atoms with Crippen molar-refractivity contribution >= 4 is 17.0 Å². The average Bonchev–Trinajstić information content (AvgIpc) is 2.58. The van der Waals surface area contributed by atoms with Crippen LogP contribution in [0.5, 0.6) is 0 Å². The van der Waals surface area contributed by atoms with E-state index in [4.69, 9.17) is 5.73 Å². The first-order valence-corrected chi connectivity index (χ1v) is 5.20. The third-order valence-electron chi connectivity index (χ3n) is 2.40. The van der Waals surface area contributed by atoms with E-state index in [1.165, 1.54) is 10.6 Å². The van der Waals surface area contributed by atoms with Crippen LogP contribution < -0.4 is 10.6 Å². The molecule has 0 spiro atoms. The third kappa shape index (κ3) is 1.34. The van der Waals surface area contributed by atoms with Crippen molar-refractivity contribution in [3.8, 4) is 0 Å². The summed E-state index contributed by atoms with van der Waals surface area (Å²) in [6, 6.07) is 2.57. The molecule has 2 rings (SSSR count). The topological polar surface area (TPSA) is 29.3 Å². The van der Waals surface area contributed by atoms with Crippen LogP contribution in [0.2, 0.25) is 0 Å². The zero-order chi connectivity index (χ0) is 8.55. The Hall–Kier alpha value is -0.540. The van der Waals surface area contributed by atoms with Crippen molar-refractivity contribution in [1.82, 2.24) is 0 Å². The van der Waals surface area contributed by atoms with E-state index >= 15 is 0 Å². The van der Waals surface area contributed by atoms with E-state index in [2.05, 4.69) is 23.3 Å². The van der Waals surface area contributed by atoms with Crippen LogP contribution in [0.4, 0.5) is 5.69 Å². The minimum atomic E-state index is 0.379. The quantitative estimate of drug-likeness (QED) is 0.714. The van der Waals surface area contributed by atoms with Gasteiger partial charge in [0.15, 0.2) is 0 Å². The van der Waals surface area contributed by atoms with Gasteiger partial charge >= 0.3 is 0 Å². The summed E-state index contributed by atoms with van der Waals surface area (Å²) in [6.07, 6.45) is 1.13. The van der Waals surface area contributed by atoms with Crippen LogP contribution in [0.1, 0.15) is 11.3 Å². The number of nitrogens with zero attached hydrogens (tertiary/aromatic N) is 1. The number of hydrogen-bond donors (Lipinski definition) is 1. The first-order chi connectivity index (χ1) is 5.77. The summed E-state index contributed by atoms with van der Waals surface area (Å²) < 4.78 is 0. The van der Waals surface area contributed by atoms with Gasteiger partial charge in [-0.05, 0) is 24.8 Å². The maximum atomic E-state index is 5.84. The first-order valence-electron chi connectivity index (χ1n) is 4.32. The Labute approximate surface area is 77.0 Å². The molecule has 0 saturated carbocycles. The lowest BCUT2D eigenvalue weighted by Crippen LogP contribution is -2.26. The molecule has 66 valence electrons. The van der Waals surface area contributed by atoms with Gasteiger partial charge in [0.05, 0.1) is 5.69 Å². The summed E-state index contributed by atoms with van der Waals surface area (Å²) in [7, 11) is 0. The molecule has 1 fully saturated rings. The van der Waals surface area contributed by atoms with E-state index in [0.717, 1.165) is 19.5 Å². The van der Waals surface area contributed by atoms with E-state index in [0.29, 0.717) is 6.04 Å². The molecule has 3 heteroatoms. The molecule has 1 saturated heterocycles. The van der Waals surface area contributed by atoms with Crippen molar-refractivity contribution < 1.29 is 0 Å². The van der Waals surface area contributed by atoms with Gasteiger partial charge < -0.3 is 10.6 Å². The predicted molar refractivity (Wildman–Crippen MR) is 53.9 cm³/mol. The molecule has 1 unspecified atom stereocenters. The van der Waals surface area contributed by atoms with Crippen molar-refractivity contribution in [2.45, 2.75) is 19.4 Å². The highest BCUT2D eigenvalue weighted by molar-refractivity contribution is 7.10. The molecule has 12 heavy (non-hydrogen) atoms. The summed E-state index contributed by atoms with van der Waals surface area (Å²) >= 11 is 1.81. The maximum absolute atomic E-state index is 5.84. The fraction of sp³-hybridized carbons (Fsp3) is 0.556. The highest BCUT2D eigenvalue weighted by Crippen LogP contribution is 2.27. The summed E-state index contributed by atoms with van der Waals surface area (Å²) in [4.78, 5) is 3.79. The molecule has 0 aromatic carbocycles. The summed E-state index contributed by atoms with van der Waals surface area (Å²) in [5, 5.41) is 2.15. The maximum Gasteiger partial charge on any atom is 0.0505 e. The third-order valence-corrected chi connectivity index (χ3v) is 3.23. The standard InChI is InChI=1S/C9H14N2S/c1-7-9(3-5-12-7)11-4-2-8(10)6-11/h3,5,8H,2,4,6,10H2,1H3. The highest BCUT2D eigenvalue weighted by Gasteiger charge is 2.20. The molecular formula is C9H14N2S. The zero-order valence-electron chi connectivity index (χ0n) is 7.29. The Bertz CT molecular complexity index is 269. The minimum absolute atomic E-state index is 0.379. The van der Waals surface area contributed by atoms with E-state index in [1.807, 2.05) is 11.3 Å². The number of nitrogens with two attached hydrogens (primary N) is 1. The van der Waals surface area contributed by atoms with Gasteiger partial charge in [0.2, 0.25) is 0 Å². The minimum Gasteiger partial charge on any atom is -0.369 e. The molecule has 1 aromatic heterocycles. The van der Waals surface area contributed by atoms with Crippen LogP contribution in [0.25, 0.3) is 0 Å². The van der Waals surface area contributed by atoms with E-state index in [-0.39, 0.29) is 0 Å². The summed E-state index contributed by atoms with van der Waals surface area (Å²) in [6.45, 7) is 4.32. The molecule has 0 radical (unpaired) electrons. The molecule has 1 aliphatic heterocycles. The molecule has 1 atom stereocenters. The largest absolute Gasteiger partial charge is 0.369 e. The molecule has 0 bridgehead atoms. The average molecular weight is 182 g/mol. The molecule has 0 amide bonds. The zero-order valence-corrected chi connectivity index (χ0v) is 8.10. The van der Waals surface area contributed by atoms with Crippen LogP contribution in [0, 0.1) is 6.92 Å². The van der Waals surface area contributed by atoms with Gasteiger partial charge in [0, 0.05) is 24.0 Å². The Balaban J connectivity index is 2.16. The van der Waals surface area contributed by atoms with Crippen LogP contribution in [0.15, 0.2) is 11.4 Å². The Kier molecular flexibility index (Phi) is 2.07. The van der Waals surface area contributed by atoms with Crippen LogP contribution in [-0.4, -0.2) is 19.1 Å². The smallest absolute Gasteiger partial charge is 0.0505 e. The van der Waals surface area contributed by atoms with Gasteiger partial charge in [0.25, 0.3) is 0 Å². The van der Waals surface area contributed by atoms with Gasteiger partial charge in [-0.2, -0.15) is 0 Å². The van der Waals surface area contributed by atoms with Crippen LogP contribution in [-0.2, 0) is 0 Å². The van der Waals surface area contributed by atoms with Crippen molar-refractivity contribution in [2.75, 3.05) is 18.0 Å². The molecule has 2 heterocycles. The number of thiophene rings is 1. The van der Waals surface area contributed by atoms with Crippen molar-refractivity contribution in [1.29, 1.82) is 0 Å². The van der Waals surface area contributed by atoms with Gasteiger partial charge in [-0.25, -0.2) is 0 Å². The second-order valence-corrected chi connectivity index (χ2v) is 4.48. The summed E-state index contributed by atoms with van der Waals surface area (Å²) in [5.41, 5.74) is 7.23. The van der Waals surface area contributed by atoms with Gasteiger partial charge in [-0.15, -0.1) is 11.3 Å². The SMILES string of the molecule is Cc1sccc1N1CCC(N)C1. The second-order valence-electron chi connectivity index (χ2n) is 3.36. The number of hydrogen-bond acceptors (Lipinski definition) is 3. The highest BCUT2D eigenvalue weighted by atomic mass is 32.1. The van der Waals surface area contributed by atoms with Gasteiger partial charge in [-0.3, -0.25) is 0 Å². The van der Waals surface area contributed by atoms with Crippen LogP contribution >= 0.6 is 11.3 Å². The van der Waals surface area contributed by atoms with E-state index in [9.17, 15) is 0 Å². The lowest BCUT2D eigenvalue weighted by Gasteiger charge is -2.17. The van der Waals surface area contributed by atoms with Crippen molar-refractivity contribution in [3.05, 3.63) is 16.3 Å².